The molecule has 1 aromatic carbocycles. The van der Waals surface area contributed by atoms with Crippen molar-refractivity contribution in [1.29, 1.82) is 0 Å². The second kappa shape index (κ2) is 6.21. The van der Waals surface area contributed by atoms with E-state index in [2.05, 4.69) is 13.8 Å². The second-order valence-corrected chi connectivity index (χ2v) is 5.30. The van der Waals surface area contributed by atoms with Gasteiger partial charge in [-0.15, -0.1) is 0 Å². The van der Waals surface area contributed by atoms with E-state index in [0.717, 1.165) is 18.6 Å². The molecule has 0 amide bonds. The van der Waals surface area contributed by atoms with Gasteiger partial charge in [0.15, 0.2) is 0 Å². The highest BCUT2D eigenvalue weighted by Crippen LogP contribution is 2.23. The van der Waals surface area contributed by atoms with Crippen LogP contribution in [-0.2, 0) is 0 Å². The van der Waals surface area contributed by atoms with Crippen molar-refractivity contribution in [2.75, 3.05) is 5.75 Å². The van der Waals surface area contributed by atoms with Crippen LogP contribution in [0.2, 0.25) is 0 Å². The normalized spacial score (nSPS) is 14.8. The second-order valence-electron chi connectivity index (χ2n) is 3.82. The fourth-order valence-electron chi connectivity index (χ4n) is 1.27. The number of thioether (sulfide) groups is 1. The Labute approximate surface area is 99.4 Å². The van der Waals surface area contributed by atoms with Gasteiger partial charge >= 0.3 is 0 Å². The molecule has 90 valence electrons. The molecule has 0 saturated heterocycles. The summed E-state index contributed by atoms with van der Waals surface area (Å²) in [7, 11) is 0. The lowest BCUT2D eigenvalue weighted by atomic mass is 10.1. The summed E-state index contributed by atoms with van der Waals surface area (Å²) in [5, 5.41) is 0.489. The van der Waals surface area contributed by atoms with Crippen LogP contribution in [0.15, 0.2) is 18.2 Å². The molecule has 0 heterocycles. The molecule has 0 radical (unpaired) electrons. The number of halogens is 2. The zero-order chi connectivity index (χ0) is 12.1. The SMILES string of the molecule is CCC(C)SCC(N)c1cc(F)ccc1F. The number of hydrogen-bond acceptors (Lipinski definition) is 2. The number of nitrogens with two attached hydrogens (primary N) is 1. The van der Waals surface area contributed by atoms with Gasteiger partial charge in [-0.25, -0.2) is 8.78 Å². The van der Waals surface area contributed by atoms with E-state index in [1.54, 1.807) is 11.8 Å². The predicted octanol–water partition coefficient (Wildman–Crippen LogP) is 3.50. The maximum Gasteiger partial charge on any atom is 0.128 e. The quantitative estimate of drug-likeness (QED) is 0.859. The number of hydrogen-bond donors (Lipinski definition) is 1. The lowest BCUT2D eigenvalue weighted by Crippen LogP contribution is -2.16. The molecular formula is C12H17F2NS. The molecule has 0 aliphatic carbocycles. The van der Waals surface area contributed by atoms with Crippen molar-refractivity contribution in [2.24, 2.45) is 5.73 Å². The summed E-state index contributed by atoms with van der Waals surface area (Å²) in [6.07, 6.45) is 1.04. The Balaban J connectivity index is 2.65. The van der Waals surface area contributed by atoms with Crippen molar-refractivity contribution in [3.63, 3.8) is 0 Å². The molecule has 2 atom stereocenters. The average molecular weight is 245 g/mol. The third kappa shape index (κ3) is 3.76. The van der Waals surface area contributed by atoms with Gasteiger partial charge in [0.05, 0.1) is 0 Å². The van der Waals surface area contributed by atoms with E-state index in [1.165, 1.54) is 6.07 Å². The van der Waals surface area contributed by atoms with Crippen molar-refractivity contribution in [1.82, 2.24) is 0 Å². The van der Waals surface area contributed by atoms with Crippen molar-refractivity contribution in [2.45, 2.75) is 31.6 Å². The zero-order valence-electron chi connectivity index (χ0n) is 9.54. The molecule has 1 aromatic rings. The summed E-state index contributed by atoms with van der Waals surface area (Å²) in [5.41, 5.74) is 6.10. The van der Waals surface area contributed by atoms with Gasteiger partial charge in [0.1, 0.15) is 11.6 Å². The first-order valence-electron chi connectivity index (χ1n) is 5.36. The standard InChI is InChI=1S/C12H17F2NS/c1-3-8(2)16-7-12(15)10-6-9(13)4-5-11(10)14/h4-6,8,12H,3,7,15H2,1-2H3. The Bertz CT molecular complexity index is 344. The third-order valence-corrected chi connectivity index (χ3v) is 3.95. The van der Waals surface area contributed by atoms with Crippen molar-refractivity contribution in [3.8, 4) is 0 Å². The minimum absolute atomic E-state index is 0.260. The van der Waals surface area contributed by atoms with Gasteiger partial charge in [0, 0.05) is 22.6 Å². The van der Waals surface area contributed by atoms with E-state index in [4.69, 9.17) is 5.73 Å². The Morgan fingerprint density at radius 3 is 2.69 bits per heavy atom. The first kappa shape index (κ1) is 13.5. The first-order chi connectivity index (χ1) is 7.54. The third-order valence-electron chi connectivity index (χ3n) is 2.49. The van der Waals surface area contributed by atoms with Gasteiger partial charge < -0.3 is 5.73 Å². The molecule has 0 fully saturated rings. The molecular weight excluding hydrogens is 228 g/mol. The van der Waals surface area contributed by atoms with E-state index >= 15 is 0 Å². The van der Waals surface area contributed by atoms with Gasteiger partial charge in [0.25, 0.3) is 0 Å². The number of benzene rings is 1. The first-order valence-corrected chi connectivity index (χ1v) is 6.41. The molecule has 0 saturated carbocycles. The molecule has 0 spiro atoms. The van der Waals surface area contributed by atoms with E-state index in [9.17, 15) is 8.78 Å². The monoisotopic (exact) mass is 245 g/mol. The molecule has 4 heteroatoms. The molecule has 2 N–H and O–H groups in total. The molecule has 16 heavy (non-hydrogen) atoms. The lowest BCUT2D eigenvalue weighted by Gasteiger charge is -2.15. The molecule has 1 nitrogen and oxygen atoms in total. The van der Waals surface area contributed by atoms with Crippen molar-refractivity contribution < 1.29 is 8.78 Å². The highest BCUT2D eigenvalue weighted by atomic mass is 32.2. The van der Waals surface area contributed by atoms with Crippen LogP contribution >= 0.6 is 11.8 Å². The van der Waals surface area contributed by atoms with Gasteiger partial charge in [-0.3, -0.25) is 0 Å². The maximum absolute atomic E-state index is 13.4. The summed E-state index contributed by atoms with van der Waals surface area (Å²) in [6, 6.07) is 2.96. The van der Waals surface area contributed by atoms with Crippen LogP contribution in [0.25, 0.3) is 0 Å². The van der Waals surface area contributed by atoms with Crippen LogP contribution in [0, 0.1) is 11.6 Å². The number of rotatable bonds is 5. The van der Waals surface area contributed by atoms with Crippen LogP contribution in [0.3, 0.4) is 0 Å². The molecule has 1 rings (SSSR count). The summed E-state index contributed by atoms with van der Waals surface area (Å²) in [4.78, 5) is 0. The summed E-state index contributed by atoms with van der Waals surface area (Å²) < 4.78 is 26.3. The molecule has 2 unspecified atom stereocenters. The Hall–Kier alpha value is -0.610. The topological polar surface area (TPSA) is 26.0 Å². The van der Waals surface area contributed by atoms with E-state index in [0.29, 0.717) is 11.0 Å². The van der Waals surface area contributed by atoms with E-state index in [-0.39, 0.29) is 5.56 Å². The highest BCUT2D eigenvalue weighted by molar-refractivity contribution is 7.99. The van der Waals surface area contributed by atoms with Crippen LogP contribution in [0.4, 0.5) is 8.78 Å². The Morgan fingerprint density at radius 1 is 1.38 bits per heavy atom. The van der Waals surface area contributed by atoms with E-state index in [1.807, 2.05) is 0 Å². The molecule has 0 aliphatic rings. The molecule has 0 aliphatic heterocycles. The predicted molar refractivity (Wildman–Crippen MR) is 65.5 cm³/mol. The van der Waals surface area contributed by atoms with Crippen molar-refractivity contribution >= 4 is 11.8 Å². The van der Waals surface area contributed by atoms with Gasteiger partial charge in [-0.2, -0.15) is 11.8 Å². The molecule has 0 aromatic heterocycles. The van der Waals surface area contributed by atoms with Crippen LogP contribution in [-0.4, -0.2) is 11.0 Å². The van der Waals surface area contributed by atoms with Crippen LogP contribution < -0.4 is 5.73 Å². The highest BCUT2D eigenvalue weighted by Gasteiger charge is 2.13. The van der Waals surface area contributed by atoms with Crippen LogP contribution in [0.1, 0.15) is 31.9 Å². The van der Waals surface area contributed by atoms with Crippen molar-refractivity contribution in [3.05, 3.63) is 35.4 Å². The van der Waals surface area contributed by atoms with Gasteiger partial charge in [-0.05, 0) is 24.6 Å². The maximum atomic E-state index is 13.4. The average Bonchev–Trinajstić information content (AvgIpc) is 2.28. The minimum Gasteiger partial charge on any atom is -0.323 e. The largest absolute Gasteiger partial charge is 0.323 e. The molecule has 0 bridgehead atoms. The zero-order valence-corrected chi connectivity index (χ0v) is 10.4. The van der Waals surface area contributed by atoms with Gasteiger partial charge in [-0.1, -0.05) is 13.8 Å². The summed E-state index contributed by atoms with van der Waals surface area (Å²) in [5.74, 6) is -0.269. The fraction of sp³-hybridized carbons (Fsp3) is 0.500. The van der Waals surface area contributed by atoms with Gasteiger partial charge in [0.2, 0.25) is 0 Å². The summed E-state index contributed by atoms with van der Waals surface area (Å²) in [6.45, 7) is 4.19. The smallest absolute Gasteiger partial charge is 0.128 e. The Kier molecular flexibility index (Phi) is 5.22. The van der Waals surface area contributed by atoms with E-state index < -0.39 is 17.7 Å². The van der Waals surface area contributed by atoms with Crippen LogP contribution in [0.5, 0.6) is 0 Å². The summed E-state index contributed by atoms with van der Waals surface area (Å²) >= 11 is 1.68. The fourth-order valence-corrected chi connectivity index (χ4v) is 2.23. The lowest BCUT2D eigenvalue weighted by molar-refractivity contribution is 0.573. The minimum atomic E-state index is -0.449. The Morgan fingerprint density at radius 2 is 2.06 bits per heavy atom.